The van der Waals surface area contributed by atoms with Gasteiger partial charge in [-0.25, -0.2) is 0 Å². The highest BCUT2D eigenvalue weighted by Gasteiger charge is 2.30. The standard InChI is InChI=1S/C10H17NO3/c1-7(3-4-10(13)14)8-5-9(12)11(2)6-8/h7-8H,3-6H2,1-2H3,(H,13,14). The van der Waals surface area contributed by atoms with Crippen LogP contribution in [0.4, 0.5) is 0 Å². The zero-order valence-electron chi connectivity index (χ0n) is 8.69. The summed E-state index contributed by atoms with van der Waals surface area (Å²) < 4.78 is 0. The molecule has 2 atom stereocenters. The van der Waals surface area contributed by atoms with Gasteiger partial charge in [-0.3, -0.25) is 9.59 Å². The van der Waals surface area contributed by atoms with Crippen molar-refractivity contribution in [2.24, 2.45) is 11.8 Å². The molecule has 0 spiro atoms. The molecule has 1 aliphatic heterocycles. The molecule has 0 bridgehead atoms. The molecule has 0 aromatic heterocycles. The molecule has 4 heteroatoms. The lowest BCUT2D eigenvalue weighted by Crippen LogP contribution is -2.20. The number of carboxylic acid groups (broad SMARTS) is 1. The Hall–Kier alpha value is -1.06. The van der Waals surface area contributed by atoms with Crippen molar-refractivity contribution >= 4 is 11.9 Å². The minimum atomic E-state index is -0.755. The van der Waals surface area contributed by atoms with E-state index in [0.29, 0.717) is 24.7 Å². The van der Waals surface area contributed by atoms with Crippen LogP contribution in [0.5, 0.6) is 0 Å². The molecule has 0 aliphatic carbocycles. The summed E-state index contributed by atoms with van der Waals surface area (Å²) >= 11 is 0. The van der Waals surface area contributed by atoms with Gasteiger partial charge in [0.05, 0.1) is 0 Å². The van der Waals surface area contributed by atoms with Gasteiger partial charge in [0.25, 0.3) is 0 Å². The van der Waals surface area contributed by atoms with Gasteiger partial charge in [-0.1, -0.05) is 6.92 Å². The molecular formula is C10H17NO3. The molecule has 0 aromatic carbocycles. The normalized spacial score (nSPS) is 24.0. The topological polar surface area (TPSA) is 57.6 Å². The predicted octanol–water partition coefficient (Wildman–Crippen LogP) is 0.966. The van der Waals surface area contributed by atoms with Gasteiger partial charge in [-0.05, 0) is 18.3 Å². The Morgan fingerprint density at radius 1 is 1.71 bits per heavy atom. The molecule has 4 nitrogen and oxygen atoms in total. The van der Waals surface area contributed by atoms with Crippen molar-refractivity contribution < 1.29 is 14.7 Å². The number of likely N-dealkylation sites (tertiary alicyclic amines) is 1. The Morgan fingerprint density at radius 2 is 2.36 bits per heavy atom. The molecule has 80 valence electrons. The summed E-state index contributed by atoms with van der Waals surface area (Å²) in [6.07, 6.45) is 1.45. The Bertz CT molecular complexity index is 240. The lowest BCUT2D eigenvalue weighted by Gasteiger charge is -2.17. The van der Waals surface area contributed by atoms with Crippen molar-refractivity contribution in [3.8, 4) is 0 Å². The molecule has 1 saturated heterocycles. The highest BCUT2D eigenvalue weighted by atomic mass is 16.4. The Balaban J connectivity index is 2.35. The Labute approximate surface area is 83.9 Å². The highest BCUT2D eigenvalue weighted by molar-refractivity contribution is 5.78. The average molecular weight is 199 g/mol. The number of amides is 1. The first-order valence-electron chi connectivity index (χ1n) is 4.96. The molecule has 0 aromatic rings. The van der Waals surface area contributed by atoms with Gasteiger partial charge in [0.1, 0.15) is 0 Å². The maximum Gasteiger partial charge on any atom is 0.303 e. The third-order valence-corrected chi connectivity index (χ3v) is 2.99. The van der Waals surface area contributed by atoms with Crippen molar-refractivity contribution in [2.45, 2.75) is 26.2 Å². The molecule has 1 rings (SSSR count). The summed E-state index contributed by atoms with van der Waals surface area (Å²) in [6, 6.07) is 0. The molecule has 0 radical (unpaired) electrons. The monoisotopic (exact) mass is 199 g/mol. The van der Waals surface area contributed by atoms with Crippen molar-refractivity contribution in [1.29, 1.82) is 0 Å². The fourth-order valence-electron chi connectivity index (χ4n) is 1.87. The minimum Gasteiger partial charge on any atom is -0.481 e. The highest BCUT2D eigenvalue weighted by Crippen LogP contribution is 2.26. The molecule has 2 unspecified atom stereocenters. The molecule has 1 fully saturated rings. The first-order valence-corrected chi connectivity index (χ1v) is 4.96. The summed E-state index contributed by atoms with van der Waals surface area (Å²) in [6.45, 7) is 2.81. The number of hydrogen-bond donors (Lipinski definition) is 1. The van der Waals surface area contributed by atoms with Crippen LogP contribution in [-0.4, -0.2) is 35.5 Å². The number of hydrogen-bond acceptors (Lipinski definition) is 2. The second-order valence-electron chi connectivity index (χ2n) is 4.15. The number of nitrogens with zero attached hydrogens (tertiary/aromatic N) is 1. The summed E-state index contributed by atoms with van der Waals surface area (Å²) in [5.74, 6) is 0.0820. The number of carboxylic acids is 1. The van der Waals surface area contributed by atoms with Crippen LogP contribution < -0.4 is 0 Å². The van der Waals surface area contributed by atoms with E-state index in [0.717, 1.165) is 6.54 Å². The van der Waals surface area contributed by atoms with Crippen LogP contribution in [0.2, 0.25) is 0 Å². The lowest BCUT2D eigenvalue weighted by molar-refractivity contribution is -0.137. The average Bonchev–Trinajstić information content (AvgIpc) is 2.43. The SMILES string of the molecule is CC(CCC(=O)O)C1CC(=O)N(C)C1. The smallest absolute Gasteiger partial charge is 0.303 e. The number of aliphatic carboxylic acids is 1. The third-order valence-electron chi connectivity index (χ3n) is 2.99. The van der Waals surface area contributed by atoms with Crippen LogP contribution >= 0.6 is 0 Å². The Morgan fingerprint density at radius 3 is 2.79 bits per heavy atom. The zero-order valence-corrected chi connectivity index (χ0v) is 8.69. The molecule has 1 heterocycles. The van der Waals surface area contributed by atoms with Crippen LogP contribution in [0.1, 0.15) is 26.2 Å². The van der Waals surface area contributed by atoms with Gasteiger partial charge >= 0.3 is 5.97 Å². The van der Waals surface area contributed by atoms with Gasteiger partial charge in [0.2, 0.25) is 5.91 Å². The summed E-state index contributed by atoms with van der Waals surface area (Å²) in [5, 5.41) is 8.53. The fourth-order valence-corrected chi connectivity index (χ4v) is 1.87. The third kappa shape index (κ3) is 2.72. The van der Waals surface area contributed by atoms with Crippen LogP contribution in [0.25, 0.3) is 0 Å². The van der Waals surface area contributed by atoms with E-state index < -0.39 is 5.97 Å². The maximum atomic E-state index is 11.2. The summed E-state index contributed by atoms with van der Waals surface area (Å²) in [7, 11) is 1.80. The van der Waals surface area contributed by atoms with Gasteiger partial charge in [0, 0.05) is 26.4 Å². The second kappa shape index (κ2) is 4.44. The van der Waals surface area contributed by atoms with Crippen LogP contribution in [0.3, 0.4) is 0 Å². The van der Waals surface area contributed by atoms with E-state index in [9.17, 15) is 9.59 Å². The number of carbonyl (C=O) groups excluding carboxylic acids is 1. The largest absolute Gasteiger partial charge is 0.481 e. The van der Waals surface area contributed by atoms with Crippen LogP contribution in [0.15, 0.2) is 0 Å². The van der Waals surface area contributed by atoms with Gasteiger partial charge in [0.15, 0.2) is 0 Å². The summed E-state index contributed by atoms with van der Waals surface area (Å²) in [4.78, 5) is 23.3. The van der Waals surface area contributed by atoms with Crippen LogP contribution in [0, 0.1) is 11.8 Å². The Kier molecular flexibility index (Phi) is 3.49. The molecular weight excluding hydrogens is 182 g/mol. The van der Waals surface area contributed by atoms with E-state index in [1.807, 2.05) is 6.92 Å². The number of rotatable bonds is 4. The maximum absolute atomic E-state index is 11.2. The van der Waals surface area contributed by atoms with Crippen LogP contribution in [-0.2, 0) is 9.59 Å². The van der Waals surface area contributed by atoms with Gasteiger partial charge in [-0.15, -0.1) is 0 Å². The quantitative estimate of drug-likeness (QED) is 0.733. The molecule has 1 aliphatic rings. The van der Waals surface area contributed by atoms with Crippen molar-refractivity contribution in [1.82, 2.24) is 4.90 Å². The zero-order chi connectivity index (χ0) is 10.7. The molecule has 1 amide bonds. The van der Waals surface area contributed by atoms with E-state index in [1.54, 1.807) is 11.9 Å². The molecule has 0 saturated carbocycles. The van der Waals surface area contributed by atoms with Gasteiger partial charge < -0.3 is 10.0 Å². The van der Waals surface area contributed by atoms with Crippen molar-refractivity contribution in [3.63, 3.8) is 0 Å². The van der Waals surface area contributed by atoms with Gasteiger partial charge in [-0.2, -0.15) is 0 Å². The number of carbonyl (C=O) groups is 2. The van der Waals surface area contributed by atoms with Crippen molar-refractivity contribution in [2.75, 3.05) is 13.6 Å². The lowest BCUT2D eigenvalue weighted by atomic mass is 9.89. The molecule has 1 N–H and O–H groups in total. The fraction of sp³-hybridized carbons (Fsp3) is 0.800. The van der Waals surface area contributed by atoms with E-state index in [1.165, 1.54) is 0 Å². The first kappa shape index (κ1) is 11.0. The second-order valence-corrected chi connectivity index (χ2v) is 4.15. The predicted molar refractivity (Wildman–Crippen MR) is 51.8 cm³/mol. The first-order chi connectivity index (χ1) is 6.50. The summed E-state index contributed by atoms with van der Waals surface area (Å²) in [5.41, 5.74) is 0. The minimum absolute atomic E-state index is 0.178. The van der Waals surface area contributed by atoms with E-state index >= 15 is 0 Å². The van der Waals surface area contributed by atoms with E-state index in [-0.39, 0.29) is 12.3 Å². The molecule has 14 heavy (non-hydrogen) atoms. The van der Waals surface area contributed by atoms with E-state index in [4.69, 9.17) is 5.11 Å². The van der Waals surface area contributed by atoms with Crippen molar-refractivity contribution in [3.05, 3.63) is 0 Å². The van der Waals surface area contributed by atoms with E-state index in [2.05, 4.69) is 0 Å².